The van der Waals surface area contributed by atoms with Gasteiger partial charge in [-0.15, -0.1) is 11.8 Å². The van der Waals surface area contributed by atoms with E-state index >= 15 is 0 Å². The summed E-state index contributed by atoms with van der Waals surface area (Å²) >= 11 is 2.97. The number of rotatable bonds is 5. The molecule has 3 aromatic rings. The molecular formula is C21H21F2N3OS2. The van der Waals surface area contributed by atoms with Crippen LogP contribution in [0, 0.1) is 18.6 Å². The number of anilines is 1. The molecule has 2 heterocycles. The van der Waals surface area contributed by atoms with E-state index in [1.807, 2.05) is 9.80 Å². The topological polar surface area (TPSA) is 36.4 Å². The van der Waals surface area contributed by atoms with Crippen LogP contribution in [0.2, 0.25) is 0 Å². The van der Waals surface area contributed by atoms with Gasteiger partial charge in [-0.05, 0) is 25.1 Å². The molecule has 1 fully saturated rings. The Kier molecular flexibility index (Phi) is 6.01. The van der Waals surface area contributed by atoms with Crippen LogP contribution in [0.5, 0.6) is 0 Å². The van der Waals surface area contributed by atoms with Gasteiger partial charge in [0.25, 0.3) is 0 Å². The van der Waals surface area contributed by atoms with Gasteiger partial charge in [0.2, 0.25) is 5.91 Å². The molecule has 8 heteroatoms. The number of thioether (sulfide) groups is 1. The number of hydrogen-bond donors (Lipinski definition) is 0. The van der Waals surface area contributed by atoms with Crippen LogP contribution in [-0.4, -0.2) is 47.7 Å². The second-order valence-electron chi connectivity index (χ2n) is 7.01. The molecular weight excluding hydrogens is 412 g/mol. The van der Waals surface area contributed by atoms with E-state index in [-0.39, 0.29) is 11.4 Å². The second-order valence-corrected chi connectivity index (χ2v) is 9.19. The highest BCUT2D eigenvalue weighted by molar-refractivity contribution is 7.99. The summed E-state index contributed by atoms with van der Waals surface area (Å²) in [4.78, 5) is 21.9. The van der Waals surface area contributed by atoms with Crippen molar-refractivity contribution in [1.29, 1.82) is 0 Å². The van der Waals surface area contributed by atoms with Gasteiger partial charge in [-0.1, -0.05) is 29.0 Å². The second kappa shape index (κ2) is 8.67. The Morgan fingerprint density at radius 2 is 1.86 bits per heavy atom. The van der Waals surface area contributed by atoms with Crippen molar-refractivity contribution in [2.45, 2.75) is 18.2 Å². The highest BCUT2D eigenvalue weighted by Gasteiger charge is 2.23. The zero-order chi connectivity index (χ0) is 20.4. The van der Waals surface area contributed by atoms with E-state index in [0.29, 0.717) is 42.4 Å². The predicted molar refractivity (Wildman–Crippen MR) is 115 cm³/mol. The third-order valence-electron chi connectivity index (χ3n) is 4.91. The standard InChI is InChI=1S/C21H21F2N3OS2/c1-14-2-4-16(5-3-14)28-11-6-19(27)25-7-9-26(10-8-25)21-24-20-17(23)12-15(22)13-18(20)29-21/h2-5,12-13H,6-11H2,1H3. The van der Waals surface area contributed by atoms with Crippen molar-refractivity contribution in [2.24, 2.45) is 0 Å². The molecule has 0 unspecified atom stereocenters. The number of carbonyl (C=O) groups is 1. The number of piperazine rings is 1. The smallest absolute Gasteiger partial charge is 0.223 e. The summed E-state index contributed by atoms with van der Waals surface area (Å²) in [7, 11) is 0. The maximum absolute atomic E-state index is 13.9. The van der Waals surface area contributed by atoms with E-state index in [1.54, 1.807) is 11.8 Å². The quantitative estimate of drug-likeness (QED) is 0.546. The first-order valence-corrected chi connectivity index (χ1v) is 11.3. The fourth-order valence-electron chi connectivity index (χ4n) is 3.28. The van der Waals surface area contributed by atoms with Gasteiger partial charge < -0.3 is 9.80 Å². The van der Waals surface area contributed by atoms with Crippen LogP contribution in [-0.2, 0) is 4.79 Å². The number of aromatic nitrogens is 1. The maximum atomic E-state index is 13.9. The zero-order valence-electron chi connectivity index (χ0n) is 16.0. The summed E-state index contributed by atoms with van der Waals surface area (Å²) < 4.78 is 27.8. The van der Waals surface area contributed by atoms with E-state index < -0.39 is 11.6 Å². The molecule has 1 aromatic heterocycles. The van der Waals surface area contributed by atoms with E-state index in [9.17, 15) is 13.6 Å². The molecule has 1 amide bonds. The number of nitrogens with zero attached hydrogens (tertiary/aromatic N) is 3. The Balaban J connectivity index is 1.29. The first kappa shape index (κ1) is 20.1. The molecule has 0 saturated carbocycles. The molecule has 1 saturated heterocycles. The molecule has 0 N–H and O–H groups in total. The highest BCUT2D eigenvalue weighted by Crippen LogP contribution is 2.31. The van der Waals surface area contributed by atoms with Crippen LogP contribution in [0.4, 0.5) is 13.9 Å². The van der Waals surface area contributed by atoms with Crippen LogP contribution in [0.15, 0.2) is 41.3 Å². The number of thiazole rings is 1. The number of amides is 1. The zero-order valence-corrected chi connectivity index (χ0v) is 17.7. The summed E-state index contributed by atoms with van der Waals surface area (Å²) in [5.41, 5.74) is 1.43. The molecule has 152 valence electrons. The van der Waals surface area contributed by atoms with Crippen molar-refractivity contribution >= 4 is 44.4 Å². The minimum absolute atomic E-state index is 0.154. The lowest BCUT2D eigenvalue weighted by molar-refractivity contribution is -0.131. The van der Waals surface area contributed by atoms with Crippen molar-refractivity contribution in [3.05, 3.63) is 53.6 Å². The molecule has 4 rings (SSSR count). The number of aryl methyl sites for hydroxylation is 1. The van der Waals surface area contributed by atoms with E-state index in [1.165, 1.54) is 27.9 Å². The monoisotopic (exact) mass is 433 g/mol. The Morgan fingerprint density at radius 1 is 1.14 bits per heavy atom. The lowest BCUT2D eigenvalue weighted by atomic mass is 10.2. The lowest BCUT2D eigenvalue weighted by Crippen LogP contribution is -2.48. The number of benzene rings is 2. The van der Waals surface area contributed by atoms with Gasteiger partial charge in [-0.2, -0.15) is 0 Å². The molecule has 0 atom stereocenters. The first-order chi connectivity index (χ1) is 14.0. The average molecular weight is 434 g/mol. The minimum atomic E-state index is -0.637. The van der Waals surface area contributed by atoms with Crippen molar-refractivity contribution in [3.8, 4) is 0 Å². The Morgan fingerprint density at radius 3 is 2.59 bits per heavy atom. The maximum Gasteiger partial charge on any atom is 0.223 e. The summed E-state index contributed by atoms with van der Waals surface area (Å²) in [5, 5.41) is 0.673. The highest BCUT2D eigenvalue weighted by atomic mass is 32.2. The Hall–Kier alpha value is -2.19. The van der Waals surface area contributed by atoms with Gasteiger partial charge in [0.05, 0.1) is 4.70 Å². The van der Waals surface area contributed by atoms with Crippen molar-refractivity contribution in [2.75, 3.05) is 36.8 Å². The van der Waals surface area contributed by atoms with Crippen LogP contribution in [0.1, 0.15) is 12.0 Å². The molecule has 0 spiro atoms. The van der Waals surface area contributed by atoms with Crippen LogP contribution < -0.4 is 4.90 Å². The van der Waals surface area contributed by atoms with Gasteiger partial charge in [-0.25, -0.2) is 13.8 Å². The van der Waals surface area contributed by atoms with Crippen LogP contribution in [0.25, 0.3) is 10.2 Å². The lowest BCUT2D eigenvalue weighted by Gasteiger charge is -2.34. The minimum Gasteiger partial charge on any atom is -0.345 e. The van der Waals surface area contributed by atoms with E-state index in [0.717, 1.165) is 11.8 Å². The number of halogens is 2. The first-order valence-electron chi connectivity index (χ1n) is 9.47. The molecule has 4 nitrogen and oxygen atoms in total. The fraction of sp³-hybridized carbons (Fsp3) is 0.333. The number of fused-ring (bicyclic) bond motifs is 1. The molecule has 0 radical (unpaired) electrons. The Labute approximate surface area is 176 Å². The molecule has 29 heavy (non-hydrogen) atoms. The van der Waals surface area contributed by atoms with E-state index in [4.69, 9.17) is 0 Å². The van der Waals surface area contributed by atoms with Gasteiger partial charge >= 0.3 is 0 Å². The van der Waals surface area contributed by atoms with Crippen molar-refractivity contribution in [3.63, 3.8) is 0 Å². The Bertz CT molecular complexity index is 1010. The van der Waals surface area contributed by atoms with E-state index in [2.05, 4.69) is 36.2 Å². The SMILES string of the molecule is Cc1ccc(SCCC(=O)N2CCN(c3nc4c(F)cc(F)cc4s3)CC2)cc1. The van der Waals surface area contributed by atoms with Gasteiger partial charge in [0.1, 0.15) is 11.3 Å². The summed E-state index contributed by atoms with van der Waals surface area (Å²) in [6.45, 7) is 4.56. The summed E-state index contributed by atoms with van der Waals surface area (Å²) in [5.74, 6) is -0.321. The van der Waals surface area contributed by atoms with Crippen LogP contribution >= 0.6 is 23.1 Å². The number of hydrogen-bond acceptors (Lipinski definition) is 5. The molecule has 1 aliphatic heterocycles. The predicted octanol–water partition coefficient (Wildman–Crippen LogP) is 4.71. The number of carbonyl (C=O) groups excluding carboxylic acids is 1. The molecule has 1 aliphatic rings. The normalized spacial score (nSPS) is 14.6. The van der Waals surface area contributed by atoms with Crippen molar-refractivity contribution in [1.82, 2.24) is 9.88 Å². The summed E-state index contributed by atoms with van der Waals surface area (Å²) in [6.07, 6.45) is 0.504. The van der Waals surface area contributed by atoms with Crippen molar-refractivity contribution < 1.29 is 13.6 Å². The molecule has 2 aromatic carbocycles. The van der Waals surface area contributed by atoms with Gasteiger partial charge in [-0.3, -0.25) is 4.79 Å². The average Bonchev–Trinajstić information content (AvgIpc) is 3.14. The fourth-order valence-corrected chi connectivity index (χ4v) is 5.17. The largest absolute Gasteiger partial charge is 0.345 e. The van der Waals surface area contributed by atoms with Crippen LogP contribution in [0.3, 0.4) is 0 Å². The molecule has 0 bridgehead atoms. The third-order valence-corrected chi connectivity index (χ3v) is 6.99. The van der Waals surface area contributed by atoms with Gasteiger partial charge in [0.15, 0.2) is 10.9 Å². The van der Waals surface area contributed by atoms with Gasteiger partial charge in [0, 0.05) is 49.3 Å². The molecule has 0 aliphatic carbocycles. The third kappa shape index (κ3) is 4.70. The summed E-state index contributed by atoms with van der Waals surface area (Å²) in [6, 6.07) is 10.5.